The van der Waals surface area contributed by atoms with Crippen LogP contribution in [0.15, 0.2) is 42.6 Å². The molecule has 1 fully saturated rings. The number of halogens is 1. The lowest BCUT2D eigenvalue weighted by Crippen LogP contribution is -2.24. The van der Waals surface area contributed by atoms with Crippen molar-refractivity contribution in [2.24, 2.45) is 5.92 Å². The van der Waals surface area contributed by atoms with Crippen LogP contribution in [0.1, 0.15) is 24.9 Å². The number of nitrogens with zero attached hydrogens (tertiary/aromatic N) is 2. The summed E-state index contributed by atoms with van der Waals surface area (Å²) in [6.45, 7) is 3.14. The number of pyridine rings is 1. The standard InChI is InChI=1S/C16H18FN3/c1-11-7-15(12-3-2-4-13(17)8-12)20(10-11)16-6-5-14(18)9-19-16/h2-6,8-9,11,15H,7,10,18H2,1H3. The highest BCUT2D eigenvalue weighted by Gasteiger charge is 2.31. The molecule has 1 aliphatic rings. The minimum Gasteiger partial charge on any atom is -0.397 e. The molecule has 2 N–H and O–H groups in total. The van der Waals surface area contributed by atoms with Crippen molar-refractivity contribution in [1.82, 2.24) is 4.98 Å². The number of anilines is 2. The Balaban J connectivity index is 1.94. The van der Waals surface area contributed by atoms with Crippen molar-refractivity contribution in [3.05, 3.63) is 54.0 Å². The van der Waals surface area contributed by atoms with Gasteiger partial charge >= 0.3 is 0 Å². The van der Waals surface area contributed by atoms with Crippen LogP contribution in [0, 0.1) is 11.7 Å². The van der Waals surface area contributed by atoms with Crippen LogP contribution in [0.25, 0.3) is 0 Å². The molecule has 104 valence electrons. The van der Waals surface area contributed by atoms with Gasteiger partial charge in [0.2, 0.25) is 0 Å². The highest BCUT2D eigenvalue weighted by molar-refractivity contribution is 5.49. The first-order valence-electron chi connectivity index (χ1n) is 6.87. The number of nitrogen functional groups attached to an aromatic ring is 1. The van der Waals surface area contributed by atoms with E-state index in [4.69, 9.17) is 5.73 Å². The zero-order chi connectivity index (χ0) is 14.1. The predicted molar refractivity (Wildman–Crippen MR) is 78.9 cm³/mol. The Labute approximate surface area is 118 Å². The molecule has 0 aliphatic carbocycles. The Morgan fingerprint density at radius 1 is 1.30 bits per heavy atom. The molecule has 2 aromatic rings. The molecule has 20 heavy (non-hydrogen) atoms. The van der Waals surface area contributed by atoms with Gasteiger partial charge in [-0.15, -0.1) is 0 Å². The third kappa shape index (κ3) is 2.46. The van der Waals surface area contributed by atoms with Gasteiger partial charge < -0.3 is 10.6 Å². The second-order valence-electron chi connectivity index (χ2n) is 5.51. The molecule has 1 aromatic carbocycles. The van der Waals surface area contributed by atoms with E-state index in [-0.39, 0.29) is 11.9 Å². The third-order valence-electron chi connectivity index (χ3n) is 3.81. The fourth-order valence-corrected chi connectivity index (χ4v) is 2.90. The summed E-state index contributed by atoms with van der Waals surface area (Å²) in [5.74, 6) is 1.27. The lowest BCUT2D eigenvalue weighted by molar-refractivity contribution is 0.602. The van der Waals surface area contributed by atoms with Gasteiger partial charge in [0.1, 0.15) is 11.6 Å². The first-order valence-corrected chi connectivity index (χ1v) is 6.87. The van der Waals surface area contributed by atoms with Gasteiger partial charge in [0.25, 0.3) is 0 Å². The van der Waals surface area contributed by atoms with Crippen LogP contribution in [0.2, 0.25) is 0 Å². The predicted octanol–water partition coefficient (Wildman–Crippen LogP) is 3.39. The van der Waals surface area contributed by atoms with Crippen LogP contribution in [0.3, 0.4) is 0 Å². The zero-order valence-electron chi connectivity index (χ0n) is 11.5. The summed E-state index contributed by atoms with van der Waals surface area (Å²) in [7, 11) is 0. The molecule has 3 nitrogen and oxygen atoms in total. The summed E-state index contributed by atoms with van der Waals surface area (Å²) in [5, 5.41) is 0. The van der Waals surface area contributed by atoms with Gasteiger partial charge in [0, 0.05) is 6.54 Å². The molecule has 0 spiro atoms. The van der Waals surface area contributed by atoms with Crippen LogP contribution in [0.5, 0.6) is 0 Å². The van der Waals surface area contributed by atoms with Gasteiger partial charge in [0.05, 0.1) is 17.9 Å². The molecule has 2 unspecified atom stereocenters. The average Bonchev–Trinajstić information content (AvgIpc) is 2.82. The van der Waals surface area contributed by atoms with Crippen molar-refractivity contribution >= 4 is 11.5 Å². The van der Waals surface area contributed by atoms with Crippen LogP contribution in [-0.2, 0) is 0 Å². The molecule has 0 amide bonds. The molecule has 2 heterocycles. The van der Waals surface area contributed by atoms with Crippen LogP contribution in [-0.4, -0.2) is 11.5 Å². The topological polar surface area (TPSA) is 42.1 Å². The van der Waals surface area contributed by atoms with Gasteiger partial charge in [-0.3, -0.25) is 0 Å². The van der Waals surface area contributed by atoms with Gasteiger partial charge in [-0.1, -0.05) is 19.1 Å². The second kappa shape index (κ2) is 5.12. The molecular weight excluding hydrogens is 253 g/mol. The highest BCUT2D eigenvalue weighted by atomic mass is 19.1. The number of hydrogen-bond acceptors (Lipinski definition) is 3. The number of rotatable bonds is 2. The quantitative estimate of drug-likeness (QED) is 0.910. The fraction of sp³-hybridized carbons (Fsp3) is 0.312. The minimum absolute atomic E-state index is 0.178. The zero-order valence-corrected chi connectivity index (χ0v) is 11.5. The van der Waals surface area contributed by atoms with E-state index in [1.807, 2.05) is 18.2 Å². The van der Waals surface area contributed by atoms with Crippen molar-refractivity contribution in [3.63, 3.8) is 0 Å². The first-order chi connectivity index (χ1) is 9.63. The van der Waals surface area contributed by atoms with Crippen LogP contribution >= 0.6 is 0 Å². The Kier molecular flexibility index (Phi) is 3.30. The summed E-state index contributed by atoms with van der Waals surface area (Å²) in [6.07, 6.45) is 2.68. The third-order valence-corrected chi connectivity index (χ3v) is 3.81. The minimum atomic E-state index is -0.188. The van der Waals surface area contributed by atoms with Gasteiger partial charge in [0.15, 0.2) is 0 Å². The van der Waals surface area contributed by atoms with Crippen molar-refractivity contribution < 1.29 is 4.39 Å². The summed E-state index contributed by atoms with van der Waals surface area (Å²) in [6, 6.07) is 10.8. The van der Waals surface area contributed by atoms with E-state index in [1.165, 1.54) is 6.07 Å². The Bertz CT molecular complexity index is 597. The van der Waals surface area contributed by atoms with Crippen LogP contribution in [0.4, 0.5) is 15.9 Å². The van der Waals surface area contributed by atoms with E-state index in [9.17, 15) is 4.39 Å². The largest absolute Gasteiger partial charge is 0.397 e. The fourth-order valence-electron chi connectivity index (χ4n) is 2.90. The lowest BCUT2D eigenvalue weighted by Gasteiger charge is -2.26. The number of nitrogens with two attached hydrogens (primary N) is 1. The van der Waals surface area contributed by atoms with Crippen molar-refractivity contribution in [2.75, 3.05) is 17.2 Å². The van der Waals surface area contributed by atoms with E-state index < -0.39 is 0 Å². The molecule has 0 radical (unpaired) electrons. The van der Waals surface area contributed by atoms with E-state index in [1.54, 1.807) is 18.3 Å². The van der Waals surface area contributed by atoms with Gasteiger partial charge in [-0.25, -0.2) is 9.37 Å². The maximum Gasteiger partial charge on any atom is 0.129 e. The molecule has 0 bridgehead atoms. The van der Waals surface area contributed by atoms with Gasteiger partial charge in [-0.05, 0) is 42.2 Å². The maximum atomic E-state index is 13.4. The SMILES string of the molecule is CC1CC(c2cccc(F)c2)N(c2ccc(N)cn2)C1. The average molecular weight is 271 g/mol. The molecule has 1 saturated heterocycles. The normalized spacial score (nSPS) is 22.2. The summed E-state index contributed by atoms with van der Waals surface area (Å²) in [5.41, 5.74) is 7.35. The van der Waals surface area contributed by atoms with E-state index in [2.05, 4.69) is 16.8 Å². The monoisotopic (exact) mass is 271 g/mol. The molecule has 4 heteroatoms. The number of hydrogen-bond donors (Lipinski definition) is 1. The molecular formula is C16H18FN3. The van der Waals surface area contributed by atoms with Crippen molar-refractivity contribution in [3.8, 4) is 0 Å². The Morgan fingerprint density at radius 2 is 2.15 bits per heavy atom. The van der Waals surface area contributed by atoms with Crippen molar-refractivity contribution in [1.29, 1.82) is 0 Å². The Hall–Kier alpha value is -2.10. The lowest BCUT2D eigenvalue weighted by atomic mass is 10.0. The molecule has 0 saturated carbocycles. The van der Waals surface area contributed by atoms with Gasteiger partial charge in [-0.2, -0.15) is 0 Å². The Morgan fingerprint density at radius 3 is 2.85 bits per heavy atom. The van der Waals surface area contributed by atoms with Crippen molar-refractivity contribution in [2.45, 2.75) is 19.4 Å². The van der Waals surface area contributed by atoms with E-state index in [0.29, 0.717) is 11.6 Å². The summed E-state index contributed by atoms with van der Waals surface area (Å²) in [4.78, 5) is 6.64. The maximum absolute atomic E-state index is 13.4. The first kappa shape index (κ1) is 12.9. The summed E-state index contributed by atoms with van der Waals surface area (Å²) >= 11 is 0. The highest BCUT2D eigenvalue weighted by Crippen LogP contribution is 2.38. The van der Waals surface area contributed by atoms with E-state index in [0.717, 1.165) is 24.3 Å². The number of benzene rings is 1. The second-order valence-corrected chi connectivity index (χ2v) is 5.51. The number of aromatic nitrogens is 1. The molecule has 1 aliphatic heterocycles. The molecule has 2 atom stereocenters. The molecule has 1 aromatic heterocycles. The smallest absolute Gasteiger partial charge is 0.129 e. The molecule has 3 rings (SSSR count). The summed E-state index contributed by atoms with van der Waals surface area (Å²) < 4.78 is 13.4. The van der Waals surface area contributed by atoms with Crippen LogP contribution < -0.4 is 10.6 Å². The van der Waals surface area contributed by atoms with E-state index >= 15 is 0 Å².